The van der Waals surface area contributed by atoms with E-state index in [1.807, 2.05) is 45.0 Å². The Kier molecular flexibility index (Phi) is 4.54. The van der Waals surface area contributed by atoms with Gasteiger partial charge in [-0.05, 0) is 38.1 Å². The number of aromatic nitrogens is 3. The molecule has 1 N–H and O–H groups in total. The van der Waals surface area contributed by atoms with Crippen molar-refractivity contribution in [2.24, 2.45) is 5.92 Å². The molecule has 1 heterocycles. The fourth-order valence-corrected chi connectivity index (χ4v) is 2.14. The van der Waals surface area contributed by atoms with Gasteiger partial charge in [0.25, 0.3) is 0 Å². The lowest BCUT2D eigenvalue weighted by Gasteiger charge is -2.13. The highest BCUT2D eigenvalue weighted by atomic mass is 79.9. The summed E-state index contributed by atoms with van der Waals surface area (Å²) in [6.07, 6.45) is 0. The first-order valence-electron chi connectivity index (χ1n) is 6.40. The molecule has 5 nitrogen and oxygen atoms in total. The molecular formula is C14H17BrN4O. The zero-order valence-corrected chi connectivity index (χ0v) is 13.3. The van der Waals surface area contributed by atoms with E-state index >= 15 is 0 Å². The topological polar surface area (TPSA) is 59.8 Å². The van der Waals surface area contributed by atoms with Gasteiger partial charge in [0.15, 0.2) is 0 Å². The number of hydrogen-bond donors (Lipinski definition) is 1. The Balaban J connectivity index is 1.98. The minimum Gasteiger partial charge on any atom is -0.326 e. The predicted octanol–water partition coefficient (Wildman–Crippen LogP) is 2.93. The Morgan fingerprint density at radius 2 is 2.00 bits per heavy atom. The van der Waals surface area contributed by atoms with Crippen molar-refractivity contribution >= 4 is 27.5 Å². The minimum atomic E-state index is -0.182. The van der Waals surface area contributed by atoms with Crippen LogP contribution in [-0.4, -0.2) is 20.7 Å². The molecule has 0 aliphatic heterocycles. The molecule has 0 bridgehead atoms. The van der Waals surface area contributed by atoms with Crippen molar-refractivity contribution in [2.45, 2.75) is 27.3 Å². The van der Waals surface area contributed by atoms with Crippen LogP contribution < -0.4 is 5.32 Å². The molecule has 106 valence electrons. The lowest BCUT2D eigenvalue weighted by Crippen LogP contribution is -2.25. The summed E-state index contributed by atoms with van der Waals surface area (Å²) < 4.78 is 2.75. The molecule has 0 saturated heterocycles. The molecular weight excluding hydrogens is 320 g/mol. The highest BCUT2D eigenvalue weighted by Crippen LogP contribution is 2.15. The number of benzene rings is 1. The summed E-state index contributed by atoms with van der Waals surface area (Å²) in [6, 6.07) is 7.51. The van der Waals surface area contributed by atoms with Gasteiger partial charge in [0.2, 0.25) is 5.91 Å². The van der Waals surface area contributed by atoms with E-state index in [1.54, 1.807) is 4.68 Å². The molecule has 0 aliphatic carbocycles. The zero-order chi connectivity index (χ0) is 14.7. The van der Waals surface area contributed by atoms with Crippen LogP contribution in [0.5, 0.6) is 0 Å². The maximum atomic E-state index is 12.1. The molecule has 0 spiro atoms. The molecule has 20 heavy (non-hydrogen) atoms. The van der Waals surface area contributed by atoms with E-state index in [2.05, 4.69) is 31.3 Å². The van der Waals surface area contributed by atoms with Crippen molar-refractivity contribution in [3.63, 3.8) is 0 Å². The molecule has 1 aromatic carbocycles. The van der Waals surface area contributed by atoms with Crippen molar-refractivity contribution in [1.29, 1.82) is 0 Å². The van der Waals surface area contributed by atoms with Crippen LogP contribution in [0.3, 0.4) is 0 Å². The molecule has 1 atom stereocenters. The van der Waals surface area contributed by atoms with E-state index < -0.39 is 0 Å². The number of nitrogens with one attached hydrogen (secondary N) is 1. The van der Waals surface area contributed by atoms with Crippen LogP contribution in [0.15, 0.2) is 28.7 Å². The van der Waals surface area contributed by atoms with E-state index in [0.29, 0.717) is 6.54 Å². The summed E-state index contributed by atoms with van der Waals surface area (Å²) in [7, 11) is 0. The van der Waals surface area contributed by atoms with Crippen LogP contribution in [0, 0.1) is 19.8 Å². The first-order valence-corrected chi connectivity index (χ1v) is 7.19. The van der Waals surface area contributed by atoms with Crippen LogP contribution >= 0.6 is 15.9 Å². The quantitative estimate of drug-likeness (QED) is 0.933. The van der Waals surface area contributed by atoms with Crippen LogP contribution in [0.1, 0.15) is 18.6 Å². The Hall–Kier alpha value is -1.69. The van der Waals surface area contributed by atoms with E-state index in [1.165, 1.54) is 0 Å². The van der Waals surface area contributed by atoms with Gasteiger partial charge in [-0.3, -0.25) is 4.79 Å². The second kappa shape index (κ2) is 6.17. The standard InChI is InChI=1S/C14H17BrN4O/c1-9(8-19-11(3)16-10(2)18-19)14(20)17-13-6-4-12(15)5-7-13/h4-7,9H,8H2,1-3H3,(H,17,20)/t9-/m1/s1. The third-order valence-electron chi connectivity index (χ3n) is 2.97. The van der Waals surface area contributed by atoms with Gasteiger partial charge in [0.05, 0.1) is 12.5 Å². The molecule has 6 heteroatoms. The first-order chi connectivity index (χ1) is 9.45. The summed E-state index contributed by atoms with van der Waals surface area (Å²) in [5, 5.41) is 7.16. The molecule has 2 rings (SSSR count). The van der Waals surface area contributed by atoms with Crippen molar-refractivity contribution in [1.82, 2.24) is 14.8 Å². The van der Waals surface area contributed by atoms with E-state index in [0.717, 1.165) is 21.8 Å². The maximum Gasteiger partial charge on any atom is 0.229 e. The fraction of sp³-hybridized carbons (Fsp3) is 0.357. The van der Waals surface area contributed by atoms with Crippen molar-refractivity contribution in [3.8, 4) is 0 Å². The highest BCUT2D eigenvalue weighted by molar-refractivity contribution is 9.10. The van der Waals surface area contributed by atoms with Gasteiger partial charge in [-0.25, -0.2) is 9.67 Å². The van der Waals surface area contributed by atoms with E-state index in [9.17, 15) is 4.79 Å². The number of hydrogen-bond acceptors (Lipinski definition) is 3. The van der Waals surface area contributed by atoms with Crippen LogP contribution in [-0.2, 0) is 11.3 Å². The molecule has 0 aliphatic rings. The maximum absolute atomic E-state index is 12.1. The Morgan fingerprint density at radius 1 is 1.35 bits per heavy atom. The molecule has 1 amide bonds. The van der Waals surface area contributed by atoms with Crippen molar-refractivity contribution in [3.05, 3.63) is 40.4 Å². The lowest BCUT2D eigenvalue weighted by atomic mass is 10.1. The molecule has 0 radical (unpaired) electrons. The molecule has 2 aromatic rings. The minimum absolute atomic E-state index is 0.0279. The van der Waals surface area contributed by atoms with E-state index in [-0.39, 0.29) is 11.8 Å². The smallest absolute Gasteiger partial charge is 0.229 e. The highest BCUT2D eigenvalue weighted by Gasteiger charge is 2.15. The van der Waals surface area contributed by atoms with Gasteiger partial charge in [-0.15, -0.1) is 0 Å². The zero-order valence-electron chi connectivity index (χ0n) is 11.7. The monoisotopic (exact) mass is 336 g/mol. The number of carbonyl (C=O) groups excluding carboxylic acids is 1. The van der Waals surface area contributed by atoms with Gasteiger partial charge in [-0.2, -0.15) is 5.10 Å². The number of aryl methyl sites for hydroxylation is 2. The van der Waals surface area contributed by atoms with Crippen LogP contribution in [0.4, 0.5) is 5.69 Å². The Morgan fingerprint density at radius 3 is 2.55 bits per heavy atom. The first kappa shape index (κ1) is 14.7. The van der Waals surface area contributed by atoms with E-state index in [4.69, 9.17) is 0 Å². The van der Waals surface area contributed by atoms with Gasteiger partial charge in [0.1, 0.15) is 11.6 Å². The SMILES string of the molecule is Cc1nc(C)n(C[C@@H](C)C(=O)Nc2ccc(Br)cc2)n1. The van der Waals surface area contributed by atoms with Gasteiger partial charge in [0, 0.05) is 10.2 Å². The largest absolute Gasteiger partial charge is 0.326 e. The molecule has 0 fully saturated rings. The number of rotatable bonds is 4. The molecule has 0 unspecified atom stereocenters. The Bertz CT molecular complexity index is 606. The summed E-state index contributed by atoms with van der Waals surface area (Å²) in [5.74, 6) is 1.34. The van der Waals surface area contributed by atoms with Crippen molar-refractivity contribution in [2.75, 3.05) is 5.32 Å². The van der Waals surface area contributed by atoms with Crippen LogP contribution in [0.2, 0.25) is 0 Å². The number of amides is 1. The number of nitrogens with zero attached hydrogens (tertiary/aromatic N) is 3. The summed E-state index contributed by atoms with van der Waals surface area (Å²) in [4.78, 5) is 16.4. The lowest BCUT2D eigenvalue weighted by molar-refractivity contribution is -0.119. The third kappa shape index (κ3) is 3.66. The molecule has 1 aromatic heterocycles. The van der Waals surface area contributed by atoms with Gasteiger partial charge >= 0.3 is 0 Å². The van der Waals surface area contributed by atoms with Crippen molar-refractivity contribution < 1.29 is 4.79 Å². The van der Waals surface area contributed by atoms with Gasteiger partial charge in [-0.1, -0.05) is 22.9 Å². The summed E-state index contributed by atoms with van der Waals surface area (Å²) in [5.41, 5.74) is 0.788. The number of anilines is 1. The van der Waals surface area contributed by atoms with Gasteiger partial charge < -0.3 is 5.32 Å². The number of carbonyl (C=O) groups is 1. The normalized spacial score (nSPS) is 12.2. The number of halogens is 1. The molecule has 0 saturated carbocycles. The average Bonchev–Trinajstić information content (AvgIpc) is 2.70. The summed E-state index contributed by atoms with van der Waals surface area (Å²) >= 11 is 3.36. The third-order valence-corrected chi connectivity index (χ3v) is 3.50. The Labute approximate surface area is 126 Å². The fourth-order valence-electron chi connectivity index (χ4n) is 1.88. The van der Waals surface area contributed by atoms with Crippen LogP contribution in [0.25, 0.3) is 0 Å². The predicted molar refractivity (Wildman–Crippen MR) is 81.4 cm³/mol. The second-order valence-electron chi connectivity index (χ2n) is 4.79. The summed E-state index contributed by atoms with van der Waals surface area (Å²) in [6.45, 7) is 6.13. The average molecular weight is 337 g/mol. The second-order valence-corrected chi connectivity index (χ2v) is 5.70.